The van der Waals surface area contributed by atoms with Gasteiger partial charge in [0.25, 0.3) is 0 Å². The Morgan fingerprint density at radius 2 is 2.27 bits per heavy atom. The molecule has 0 heterocycles. The van der Waals surface area contributed by atoms with Crippen LogP contribution in [0, 0.1) is 0 Å². The van der Waals surface area contributed by atoms with E-state index >= 15 is 0 Å². The third kappa shape index (κ3) is 5.80. The molecule has 0 saturated carbocycles. The third-order valence-corrected chi connectivity index (χ3v) is 1.61. The lowest BCUT2D eigenvalue weighted by molar-refractivity contribution is -0.119. The second-order valence-electron chi connectivity index (χ2n) is 2.69. The molecule has 0 atom stereocenters. The van der Waals surface area contributed by atoms with Crippen molar-refractivity contribution < 1.29 is 4.79 Å². The Labute approximate surface area is 68.9 Å². The Balaban J connectivity index is 3.36. The zero-order valence-corrected chi connectivity index (χ0v) is 7.47. The Bertz CT molecular complexity index is 132. The Kier molecular flexibility index (Phi) is 5.75. The Morgan fingerprint density at radius 3 is 2.73 bits per heavy atom. The highest BCUT2D eigenvalue weighted by molar-refractivity contribution is 5.78. The van der Waals surface area contributed by atoms with Gasteiger partial charge in [0, 0.05) is 25.9 Å². The highest BCUT2D eigenvalue weighted by Gasteiger charge is 1.99. The number of Topliss-reactive ketones (excluding diaryl/α,β-unsaturated/α-hetero) is 1. The van der Waals surface area contributed by atoms with Crippen LogP contribution in [0.15, 0.2) is 12.7 Å². The maximum Gasteiger partial charge on any atom is 0.133 e. The minimum atomic E-state index is 0.334. The summed E-state index contributed by atoms with van der Waals surface area (Å²) in [6, 6.07) is 0. The fourth-order valence-corrected chi connectivity index (χ4v) is 0.804. The lowest BCUT2D eigenvalue weighted by atomic mass is 10.2. The van der Waals surface area contributed by atoms with Crippen LogP contribution in [-0.2, 0) is 4.79 Å². The maximum absolute atomic E-state index is 10.9. The largest absolute Gasteiger partial charge is 0.302 e. The molecule has 0 spiro atoms. The van der Waals surface area contributed by atoms with Gasteiger partial charge in [-0.2, -0.15) is 0 Å². The molecule has 2 nitrogen and oxygen atoms in total. The van der Waals surface area contributed by atoms with E-state index in [1.54, 1.807) is 0 Å². The molecule has 0 aliphatic heterocycles. The van der Waals surface area contributed by atoms with Crippen LogP contribution in [0.25, 0.3) is 0 Å². The number of rotatable bonds is 6. The van der Waals surface area contributed by atoms with Crippen molar-refractivity contribution in [1.29, 1.82) is 0 Å². The summed E-state index contributed by atoms with van der Waals surface area (Å²) in [5.74, 6) is 0.334. The van der Waals surface area contributed by atoms with E-state index in [2.05, 4.69) is 11.5 Å². The molecule has 0 aromatic rings. The summed E-state index contributed by atoms with van der Waals surface area (Å²) in [6.07, 6.45) is 3.17. The molecule has 2 heteroatoms. The van der Waals surface area contributed by atoms with E-state index in [4.69, 9.17) is 0 Å². The van der Waals surface area contributed by atoms with E-state index in [0.717, 1.165) is 13.1 Å². The van der Waals surface area contributed by atoms with Crippen molar-refractivity contribution >= 4 is 5.78 Å². The quantitative estimate of drug-likeness (QED) is 0.541. The minimum absolute atomic E-state index is 0.334. The molecule has 0 N–H and O–H groups in total. The predicted molar refractivity (Wildman–Crippen MR) is 47.6 cm³/mol. The molecule has 0 rings (SSSR count). The van der Waals surface area contributed by atoms with Crippen LogP contribution in [0.5, 0.6) is 0 Å². The van der Waals surface area contributed by atoms with Crippen molar-refractivity contribution in [3.8, 4) is 0 Å². The summed E-state index contributed by atoms with van der Waals surface area (Å²) in [5, 5.41) is 0. The molecule has 0 aromatic heterocycles. The highest BCUT2D eigenvalue weighted by atomic mass is 16.1. The average molecular weight is 155 g/mol. The van der Waals surface area contributed by atoms with Gasteiger partial charge in [-0.3, -0.25) is 4.79 Å². The summed E-state index contributed by atoms with van der Waals surface area (Å²) < 4.78 is 0. The van der Waals surface area contributed by atoms with Crippen LogP contribution in [-0.4, -0.2) is 30.8 Å². The van der Waals surface area contributed by atoms with Gasteiger partial charge in [0.05, 0.1) is 0 Å². The Morgan fingerprint density at radius 1 is 1.64 bits per heavy atom. The number of hydrogen-bond donors (Lipinski definition) is 0. The first-order valence-corrected chi connectivity index (χ1v) is 4.01. The molecule has 0 amide bonds. The third-order valence-electron chi connectivity index (χ3n) is 1.61. The van der Waals surface area contributed by atoms with Crippen LogP contribution in [0.4, 0.5) is 0 Å². The molecular weight excluding hydrogens is 138 g/mol. The van der Waals surface area contributed by atoms with Gasteiger partial charge in [-0.15, -0.1) is 6.58 Å². The number of carbonyl (C=O) groups excluding carboxylic acids is 1. The molecule has 0 radical (unpaired) electrons. The molecule has 11 heavy (non-hydrogen) atoms. The van der Waals surface area contributed by atoms with E-state index in [9.17, 15) is 4.79 Å². The average Bonchev–Trinajstić information content (AvgIpc) is 2.01. The number of ketones is 1. The van der Waals surface area contributed by atoms with Crippen molar-refractivity contribution in [2.75, 3.05) is 20.1 Å². The van der Waals surface area contributed by atoms with Gasteiger partial charge in [0.1, 0.15) is 5.78 Å². The maximum atomic E-state index is 10.9. The summed E-state index contributed by atoms with van der Waals surface area (Å²) >= 11 is 0. The molecule has 0 aromatic carbocycles. The predicted octanol–water partition coefficient (Wildman–Crippen LogP) is 1.47. The first kappa shape index (κ1) is 10.4. The van der Waals surface area contributed by atoms with E-state index in [1.165, 1.54) is 0 Å². The molecule has 0 unspecified atom stereocenters. The van der Waals surface area contributed by atoms with E-state index in [0.29, 0.717) is 18.6 Å². The molecule has 0 aliphatic rings. The van der Waals surface area contributed by atoms with Crippen molar-refractivity contribution in [2.45, 2.75) is 19.8 Å². The molecule has 0 bridgehead atoms. The molecule has 64 valence electrons. The number of carbonyl (C=O) groups is 1. The van der Waals surface area contributed by atoms with Gasteiger partial charge in [-0.1, -0.05) is 13.0 Å². The topological polar surface area (TPSA) is 20.3 Å². The van der Waals surface area contributed by atoms with Crippen LogP contribution in [0.1, 0.15) is 19.8 Å². The normalized spacial score (nSPS) is 10.1. The molecule has 0 fully saturated rings. The first-order chi connectivity index (χ1) is 5.20. The lowest BCUT2D eigenvalue weighted by Gasteiger charge is -2.12. The lowest BCUT2D eigenvalue weighted by Crippen LogP contribution is -2.21. The smallest absolute Gasteiger partial charge is 0.133 e. The van der Waals surface area contributed by atoms with Crippen LogP contribution < -0.4 is 0 Å². The summed E-state index contributed by atoms with van der Waals surface area (Å²) in [5.41, 5.74) is 0. The Hall–Kier alpha value is -0.630. The number of likely N-dealkylation sites (N-methyl/N-ethyl adjacent to an activating group) is 1. The number of nitrogens with zero attached hydrogens (tertiary/aromatic N) is 1. The zero-order valence-electron chi connectivity index (χ0n) is 7.47. The zero-order chi connectivity index (χ0) is 8.69. The van der Waals surface area contributed by atoms with Gasteiger partial charge in [0.2, 0.25) is 0 Å². The van der Waals surface area contributed by atoms with Gasteiger partial charge >= 0.3 is 0 Å². The standard InChI is InChI=1S/C9H17NO/c1-4-7-10(3)8-6-9(11)5-2/h4H,1,5-8H2,2-3H3. The fourth-order valence-electron chi connectivity index (χ4n) is 0.804. The monoisotopic (exact) mass is 155 g/mol. The summed E-state index contributed by atoms with van der Waals surface area (Å²) in [4.78, 5) is 13.0. The van der Waals surface area contributed by atoms with E-state index < -0.39 is 0 Å². The van der Waals surface area contributed by atoms with Crippen LogP contribution in [0.2, 0.25) is 0 Å². The second-order valence-corrected chi connectivity index (χ2v) is 2.69. The van der Waals surface area contributed by atoms with Crippen molar-refractivity contribution in [2.24, 2.45) is 0 Å². The van der Waals surface area contributed by atoms with Crippen molar-refractivity contribution in [3.05, 3.63) is 12.7 Å². The van der Waals surface area contributed by atoms with E-state index in [1.807, 2.05) is 20.0 Å². The first-order valence-electron chi connectivity index (χ1n) is 4.01. The minimum Gasteiger partial charge on any atom is -0.302 e. The molecule has 0 saturated heterocycles. The number of hydrogen-bond acceptors (Lipinski definition) is 2. The summed E-state index contributed by atoms with van der Waals surface area (Å²) in [7, 11) is 1.99. The SMILES string of the molecule is C=CCN(C)CCC(=O)CC. The van der Waals surface area contributed by atoms with Gasteiger partial charge in [-0.05, 0) is 7.05 Å². The second kappa shape index (κ2) is 6.10. The van der Waals surface area contributed by atoms with Crippen LogP contribution in [0.3, 0.4) is 0 Å². The van der Waals surface area contributed by atoms with E-state index in [-0.39, 0.29) is 0 Å². The van der Waals surface area contributed by atoms with Crippen molar-refractivity contribution in [3.63, 3.8) is 0 Å². The van der Waals surface area contributed by atoms with Crippen LogP contribution >= 0.6 is 0 Å². The van der Waals surface area contributed by atoms with Crippen molar-refractivity contribution in [1.82, 2.24) is 4.90 Å². The van der Waals surface area contributed by atoms with Gasteiger partial charge in [-0.25, -0.2) is 0 Å². The summed E-state index contributed by atoms with van der Waals surface area (Å²) in [6.45, 7) is 7.22. The van der Waals surface area contributed by atoms with Gasteiger partial charge in [0.15, 0.2) is 0 Å². The highest BCUT2D eigenvalue weighted by Crippen LogP contribution is 1.91. The molecular formula is C9H17NO. The fraction of sp³-hybridized carbons (Fsp3) is 0.667. The molecule has 0 aliphatic carbocycles. The van der Waals surface area contributed by atoms with Gasteiger partial charge < -0.3 is 4.90 Å².